The predicted octanol–water partition coefficient (Wildman–Crippen LogP) is 0.936. The second-order valence-corrected chi connectivity index (χ2v) is 4.58. The van der Waals surface area contributed by atoms with Crippen molar-refractivity contribution in [2.45, 2.75) is 44.9 Å². The molecule has 0 bridgehead atoms. The highest BCUT2D eigenvalue weighted by Crippen LogP contribution is 2.37. The summed E-state index contributed by atoms with van der Waals surface area (Å²) in [5.41, 5.74) is -0.936. The van der Waals surface area contributed by atoms with Gasteiger partial charge in [0.05, 0.1) is 0 Å². The van der Waals surface area contributed by atoms with Crippen molar-refractivity contribution in [1.29, 1.82) is 0 Å². The van der Waals surface area contributed by atoms with Crippen LogP contribution in [0.5, 0.6) is 0 Å². The highest BCUT2D eigenvalue weighted by molar-refractivity contribution is 5.11. The first-order valence-corrected chi connectivity index (χ1v) is 5.99. The van der Waals surface area contributed by atoms with Gasteiger partial charge in [-0.05, 0) is 26.2 Å². The first-order chi connectivity index (χ1) is 8.51. The summed E-state index contributed by atoms with van der Waals surface area (Å²) in [5, 5.41) is 0. The minimum absolute atomic E-state index is 0.368. The maximum absolute atomic E-state index is 11.7. The molecule has 1 fully saturated rings. The third kappa shape index (κ3) is 2.00. The number of aromatic amines is 1. The Morgan fingerprint density at radius 1 is 1.67 bits per heavy atom. The summed E-state index contributed by atoms with van der Waals surface area (Å²) in [6.07, 6.45) is 8.71. The molecule has 1 aromatic heterocycles. The highest BCUT2D eigenvalue weighted by atomic mass is 16.5. The number of nitrogens with zero attached hydrogens (tertiary/aromatic N) is 1. The number of H-pyrrole nitrogens is 1. The van der Waals surface area contributed by atoms with Gasteiger partial charge in [0.2, 0.25) is 0 Å². The van der Waals surface area contributed by atoms with Crippen molar-refractivity contribution < 1.29 is 4.74 Å². The minimum atomic E-state index is -0.589. The number of hydrogen-bond donors (Lipinski definition) is 1. The summed E-state index contributed by atoms with van der Waals surface area (Å²) in [4.78, 5) is 25.3. The van der Waals surface area contributed by atoms with Gasteiger partial charge < -0.3 is 4.74 Å². The van der Waals surface area contributed by atoms with Crippen LogP contribution in [0, 0.1) is 19.3 Å². The lowest BCUT2D eigenvalue weighted by Crippen LogP contribution is -2.34. The van der Waals surface area contributed by atoms with Crippen molar-refractivity contribution in [3.63, 3.8) is 0 Å². The second kappa shape index (κ2) is 4.46. The van der Waals surface area contributed by atoms with Gasteiger partial charge in [-0.25, -0.2) is 4.79 Å². The summed E-state index contributed by atoms with van der Waals surface area (Å²) in [5.74, 6) is 2.66. The van der Waals surface area contributed by atoms with Gasteiger partial charge in [0.25, 0.3) is 5.56 Å². The van der Waals surface area contributed by atoms with E-state index in [2.05, 4.69) is 10.9 Å². The summed E-state index contributed by atoms with van der Waals surface area (Å²) >= 11 is 0. The molecule has 1 saturated heterocycles. The molecule has 1 aliphatic heterocycles. The Hall–Kier alpha value is -1.80. The average molecular weight is 248 g/mol. The van der Waals surface area contributed by atoms with Crippen molar-refractivity contribution >= 4 is 0 Å². The number of ether oxygens (including phenoxy) is 1. The molecule has 0 aromatic carbocycles. The zero-order valence-electron chi connectivity index (χ0n) is 10.5. The average Bonchev–Trinajstić information content (AvgIpc) is 2.79. The molecule has 96 valence electrons. The van der Waals surface area contributed by atoms with Gasteiger partial charge in [0.15, 0.2) is 0 Å². The number of rotatable bonds is 2. The number of aryl methyl sites for hydroxylation is 1. The first-order valence-electron chi connectivity index (χ1n) is 5.99. The van der Waals surface area contributed by atoms with Crippen molar-refractivity contribution in [1.82, 2.24) is 9.55 Å². The van der Waals surface area contributed by atoms with Crippen LogP contribution in [-0.2, 0) is 4.74 Å². The van der Waals surface area contributed by atoms with Crippen LogP contribution in [-0.4, -0.2) is 15.2 Å². The van der Waals surface area contributed by atoms with E-state index in [-0.39, 0.29) is 5.56 Å². The Bertz CT molecular complexity index is 608. The van der Waals surface area contributed by atoms with Crippen molar-refractivity contribution in [3.05, 3.63) is 32.6 Å². The minimum Gasteiger partial charge on any atom is -0.339 e. The van der Waals surface area contributed by atoms with E-state index in [0.717, 1.165) is 6.42 Å². The van der Waals surface area contributed by atoms with Crippen molar-refractivity contribution in [2.24, 2.45) is 0 Å². The van der Waals surface area contributed by atoms with Gasteiger partial charge in [0.1, 0.15) is 11.8 Å². The zero-order chi connectivity index (χ0) is 13.3. The molecule has 0 saturated carbocycles. The summed E-state index contributed by atoms with van der Waals surface area (Å²) in [6.45, 7) is 3.61. The molecular weight excluding hydrogens is 232 g/mol. The fraction of sp³-hybridized carbons (Fsp3) is 0.538. The molecule has 5 heteroatoms. The van der Waals surface area contributed by atoms with E-state index < -0.39 is 17.5 Å². The molecule has 0 aliphatic carbocycles. The predicted molar refractivity (Wildman–Crippen MR) is 67.3 cm³/mol. The van der Waals surface area contributed by atoms with E-state index in [4.69, 9.17) is 11.2 Å². The first kappa shape index (κ1) is 12.7. The molecule has 0 unspecified atom stereocenters. The Kier molecular flexibility index (Phi) is 3.14. The monoisotopic (exact) mass is 248 g/mol. The van der Waals surface area contributed by atoms with E-state index in [0.29, 0.717) is 18.4 Å². The number of terminal acetylenes is 1. The highest BCUT2D eigenvalue weighted by Gasteiger charge is 2.38. The topological polar surface area (TPSA) is 64.1 Å². The van der Waals surface area contributed by atoms with Gasteiger partial charge in [-0.3, -0.25) is 14.3 Å². The molecule has 5 nitrogen and oxygen atoms in total. The molecule has 18 heavy (non-hydrogen) atoms. The van der Waals surface area contributed by atoms with E-state index >= 15 is 0 Å². The lowest BCUT2D eigenvalue weighted by Gasteiger charge is -2.22. The van der Waals surface area contributed by atoms with E-state index in [1.165, 1.54) is 10.8 Å². The van der Waals surface area contributed by atoms with Crippen LogP contribution in [0.1, 0.15) is 38.0 Å². The summed E-state index contributed by atoms with van der Waals surface area (Å²) < 4.78 is 7.22. The Morgan fingerprint density at radius 2 is 2.39 bits per heavy atom. The molecule has 0 amide bonds. The van der Waals surface area contributed by atoms with Crippen LogP contribution in [0.2, 0.25) is 0 Å². The van der Waals surface area contributed by atoms with Gasteiger partial charge in [-0.2, -0.15) is 0 Å². The van der Waals surface area contributed by atoms with E-state index in [1.54, 1.807) is 6.92 Å². The summed E-state index contributed by atoms with van der Waals surface area (Å²) in [7, 11) is 0. The third-order valence-corrected chi connectivity index (χ3v) is 3.45. The molecule has 0 spiro atoms. The third-order valence-electron chi connectivity index (χ3n) is 3.45. The maximum atomic E-state index is 11.7. The smallest absolute Gasteiger partial charge is 0.330 e. The van der Waals surface area contributed by atoms with Crippen LogP contribution < -0.4 is 11.2 Å². The largest absolute Gasteiger partial charge is 0.339 e. The van der Waals surface area contributed by atoms with Gasteiger partial charge >= 0.3 is 5.69 Å². The van der Waals surface area contributed by atoms with E-state index in [1.807, 2.05) is 6.92 Å². The number of aromatic nitrogens is 2. The SMILES string of the molecule is C#C[C@@]1(CC)CC[C@H](n2cc(C)c(=O)[nH]c2=O)O1. The fourth-order valence-electron chi connectivity index (χ4n) is 2.20. The quantitative estimate of drug-likeness (QED) is 0.792. The van der Waals surface area contributed by atoms with E-state index in [9.17, 15) is 9.59 Å². The zero-order valence-corrected chi connectivity index (χ0v) is 10.5. The van der Waals surface area contributed by atoms with Crippen LogP contribution in [0.15, 0.2) is 15.8 Å². The lowest BCUT2D eigenvalue weighted by atomic mass is 9.98. The maximum Gasteiger partial charge on any atom is 0.330 e. The van der Waals surface area contributed by atoms with Gasteiger partial charge in [-0.1, -0.05) is 12.8 Å². The molecule has 1 aromatic rings. The molecule has 2 atom stereocenters. The Balaban J connectivity index is 2.36. The fourth-order valence-corrected chi connectivity index (χ4v) is 2.20. The Morgan fingerprint density at radius 3 is 2.94 bits per heavy atom. The van der Waals surface area contributed by atoms with Crippen LogP contribution in [0.25, 0.3) is 0 Å². The Labute approximate surface area is 105 Å². The lowest BCUT2D eigenvalue weighted by molar-refractivity contribution is -0.0413. The van der Waals surface area contributed by atoms with Gasteiger partial charge in [-0.15, -0.1) is 6.42 Å². The number of nitrogens with one attached hydrogen (secondary N) is 1. The standard InChI is InChI=1S/C13H16N2O3/c1-4-13(5-2)7-6-10(18-13)15-8-9(3)11(16)14-12(15)17/h1,8,10H,5-7H2,2-3H3,(H,14,16,17)/t10-,13-/m1/s1. The van der Waals surface area contributed by atoms with Crippen LogP contribution >= 0.6 is 0 Å². The van der Waals surface area contributed by atoms with Crippen LogP contribution in [0.3, 0.4) is 0 Å². The molecular formula is C13H16N2O3. The van der Waals surface area contributed by atoms with Gasteiger partial charge in [0, 0.05) is 11.8 Å². The second-order valence-electron chi connectivity index (χ2n) is 4.58. The van der Waals surface area contributed by atoms with Crippen LogP contribution in [0.4, 0.5) is 0 Å². The molecule has 1 aliphatic rings. The summed E-state index contributed by atoms with van der Waals surface area (Å²) in [6, 6.07) is 0. The molecule has 2 rings (SSSR count). The molecule has 2 heterocycles. The van der Waals surface area contributed by atoms with Crippen molar-refractivity contribution in [3.8, 4) is 12.3 Å². The molecule has 0 radical (unpaired) electrons. The normalized spacial score (nSPS) is 27.1. The number of hydrogen-bond acceptors (Lipinski definition) is 3. The van der Waals surface area contributed by atoms with Crippen molar-refractivity contribution in [2.75, 3.05) is 0 Å². The molecule has 1 N–H and O–H groups in total.